The van der Waals surface area contributed by atoms with Gasteiger partial charge in [0.2, 0.25) is 28.5 Å². The highest BCUT2D eigenvalue weighted by Gasteiger charge is 2.33. The summed E-state index contributed by atoms with van der Waals surface area (Å²) in [7, 11) is -4.49. The van der Waals surface area contributed by atoms with Crippen LogP contribution < -0.4 is 15.0 Å². The van der Waals surface area contributed by atoms with Gasteiger partial charge in [0.05, 0.1) is 10.9 Å². The predicted molar refractivity (Wildman–Crippen MR) is 150 cm³/mol. The molecule has 0 fully saturated rings. The van der Waals surface area contributed by atoms with Crippen LogP contribution >= 0.6 is 0 Å². The molecule has 3 heterocycles. The standard InChI is InChI=1S/C30H30FN3O6S/c1-4-6-10-26-33-29(35)28(30(36)34(26)23(5-2)22-8-7-9-24-27(22)40-17-39-24)41(37,38)20-13-11-19(12-14-20)21-15-16-25(31)32-18(21)3/h7-9,11-16,23,36H,4-6,10,17H2,1-3H3/t23-/m1/s1. The summed E-state index contributed by atoms with van der Waals surface area (Å²) >= 11 is 0. The monoisotopic (exact) mass is 579 g/mol. The molecule has 0 spiro atoms. The van der Waals surface area contributed by atoms with Gasteiger partial charge in [0, 0.05) is 23.2 Å². The van der Waals surface area contributed by atoms with Crippen LogP contribution in [-0.2, 0) is 16.3 Å². The number of nitrogens with zero attached hydrogens (tertiary/aromatic N) is 3. The molecule has 0 radical (unpaired) electrons. The fourth-order valence-electron chi connectivity index (χ4n) is 5.15. The maximum atomic E-state index is 13.8. The first kappa shape index (κ1) is 28.3. The van der Waals surface area contributed by atoms with Crippen molar-refractivity contribution >= 4 is 9.84 Å². The second-order valence-corrected chi connectivity index (χ2v) is 11.6. The van der Waals surface area contributed by atoms with Crippen molar-refractivity contribution in [1.82, 2.24) is 14.5 Å². The average molecular weight is 580 g/mol. The van der Waals surface area contributed by atoms with Gasteiger partial charge in [0.15, 0.2) is 16.4 Å². The molecule has 1 atom stereocenters. The molecule has 0 saturated heterocycles. The number of aromatic nitrogens is 3. The second kappa shape index (κ2) is 11.3. The summed E-state index contributed by atoms with van der Waals surface area (Å²) in [4.78, 5) is 20.3. The van der Waals surface area contributed by atoms with Crippen LogP contribution in [0.2, 0.25) is 0 Å². The van der Waals surface area contributed by atoms with E-state index in [9.17, 15) is 22.7 Å². The number of para-hydroxylation sites is 1. The van der Waals surface area contributed by atoms with E-state index in [2.05, 4.69) is 9.97 Å². The molecule has 41 heavy (non-hydrogen) atoms. The lowest BCUT2D eigenvalue weighted by Gasteiger charge is -2.26. The van der Waals surface area contributed by atoms with Crippen LogP contribution in [0.3, 0.4) is 0 Å². The molecule has 214 valence electrons. The Morgan fingerprint density at radius 2 is 1.80 bits per heavy atom. The zero-order valence-electron chi connectivity index (χ0n) is 22.9. The first-order chi connectivity index (χ1) is 19.7. The third kappa shape index (κ3) is 5.17. The lowest BCUT2D eigenvalue weighted by atomic mass is 10.0. The van der Waals surface area contributed by atoms with E-state index in [0.29, 0.717) is 53.1 Å². The highest BCUT2D eigenvalue weighted by molar-refractivity contribution is 7.91. The van der Waals surface area contributed by atoms with E-state index in [1.165, 1.54) is 22.8 Å². The van der Waals surface area contributed by atoms with Gasteiger partial charge in [-0.3, -0.25) is 9.36 Å². The number of halogens is 1. The zero-order chi connectivity index (χ0) is 29.3. The molecule has 2 aromatic heterocycles. The molecule has 11 heteroatoms. The van der Waals surface area contributed by atoms with Crippen molar-refractivity contribution in [3.63, 3.8) is 0 Å². The fraction of sp³-hybridized carbons (Fsp3) is 0.300. The zero-order valence-corrected chi connectivity index (χ0v) is 23.7. The highest BCUT2D eigenvalue weighted by Crippen LogP contribution is 2.43. The summed E-state index contributed by atoms with van der Waals surface area (Å²) in [5.74, 6) is 0.0407. The van der Waals surface area contributed by atoms with Gasteiger partial charge in [-0.1, -0.05) is 44.5 Å². The van der Waals surface area contributed by atoms with Crippen LogP contribution in [0.5, 0.6) is 17.4 Å². The van der Waals surface area contributed by atoms with E-state index < -0.39 is 38.2 Å². The molecular weight excluding hydrogens is 549 g/mol. The minimum absolute atomic E-state index is 0.0446. The van der Waals surface area contributed by atoms with Crippen molar-refractivity contribution in [2.75, 3.05) is 6.79 Å². The first-order valence-electron chi connectivity index (χ1n) is 13.4. The van der Waals surface area contributed by atoms with Crippen molar-refractivity contribution in [2.24, 2.45) is 0 Å². The Labute approximate surface area is 237 Å². The van der Waals surface area contributed by atoms with Crippen LogP contribution in [0.15, 0.2) is 69.2 Å². The van der Waals surface area contributed by atoms with Crippen LogP contribution in [0.25, 0.3) is 11.1 Å². The molecule has 1 N–H and O–H groups in total. The summed E-state index contributed by atoms with van der Waals surface area (Å²) in [6.45, 7) is 5.57. The van der Waals surface area contributed by atoms with E-state index in [4.69, 9.17) is 9.47 Å². The Bertz CT molecular complexity index is 1770. The molecule has 2 aromatic carbocycles. The molecule has 4 aromatic rings. The Morgan fingerprint density at radius 3 is 2.49 bits per heavy atom. The first-order valence-corrected chi connectivity index (χ1v) is 14.9. The van der Waals surface area contributed by atoms with Crippen molar-refractivity contribution in [1.29, 1.82) is 0 Å². The summed E-state index contributed by atoms with van der Waals surface area (Å²) in [5, 5.41) is 11.6. The number of pyridine rings is 1. The van der Waals surface area contributed by atoms with Gasteiger partial charge in [0.25, 0.3) is 5.56 Å². The molecular formula is C30H30FN3O6S. The summed E-state index contributed by atoms with van der Waals surface area (Å²) in [6, 6.07) is 13.4. The van der Waals surface area contributed by atoms with Gasteiger partial charge in [0.1, 0.15) is 5.82 Å². The molecule has 0 bridgehead atoms. The second-order valence-electron chi connectivity index (χ2n) is 9.76. The predicted octanol–water partition coefficient (Wildman–Crippen LogP) is 5.36. The SMILES string of the molecule is CCCCc1nc(=O)c(S(=O)(=O)c2ccc(-c3ccc(F)nc3C)cc2)c(O)n1[C@H](CC)c1cccc2c1OCO2. The lowest BCUT2D eigenvalue weighted by Crippen LogP contribution is -2.27. The number of unbranched alkanes of at least 4 members (excludes halogenated alkanes) is 1. The molecule has 1 aliphatic heterocycles. The van der Waals surface area contributed by atoms with Gasteiger partial charge in [-0.2, -0.15) is 9.37 Å². The largest absolute Gasteiger partial charge is 0.493 e. The molecule has 1 aliphatic rings. The quantitative estimate of drug-likeness (QED) is 0.263. The number of fused-ring (bicyclic) bond motifs is 1. The molecule has 0 saturated carbocycles. The Morgan fingerprint density at radius 1 is 1.05 bits per heavy atom. The fourth-order valence-corrected chi connectivity index (χ4v) is 6.49. The topological polar surface area (TPSA) is 121 Å². The Hall–Kier alpha value is -4.25. The van der Waals surface area contributed by atoms with E-state index in [1.54, 1.807) is 37.3 Å². The molecule has 5 rings (SSSR count). The van der Waals surface area contributed by atoms with Crippen LogP contribution in [0.4, 0.5) is 4.39 Å². The number of benzene rings is 2. The van der Waals surface area contributed by atoms with Gasteiger partial charge >= 0.3 is 0 Å². The van der Waals surface area contributed by atoms with Crippen molar-refractivity contribution in [3.05, 3.63) is 88.0 Å². The lowest BCUT2D eigenvalue weighted by molar-refractivity contribution is 0.172. The van der Waals surface area contributed by atoms with Gasteiger partial charge in [-0.15, -0.1) is 0 Å². The van der Waals surface area contributed by atoms with E-state index in [-0.39, 0.29) is 17.5 Å². The third-order valence-corrected chi connectivity index (χ3v) is 8.96. The van der Waals surface area contributed by atoms with E-state index >= 15 is 0 Å². The third-order valence-electron chi connectivity index (χ3n) is 7.17. The molecule has 0 unspecified atom stereocenters. The van der Waals surface area contributed by atoms with Crippen molar-refractivity contribution in [3.8, 4) is 28.5 Å². The van der Waals surface area contributed by atoms with Crippen LogP contribution in [-0.4, -0.2) is 34.9 Å². The maximum absolute atomic E-state index is 13.8. The molecule has 0 amide bonds. The summed E-state index contributed by atoms with van der Waals surface area (Å²) < 4.78 is 53.8. The Kier molecular flexibility index (Phi) is 7.81. The highest BCUT2D eigenvalue weighted by atomic mass is 32.2. The van der Waals surface area contributed by atoms with Gasteiger partial charge in [-0.25, -0.2) is 13.4 Å². The number of hydrogen-bond acceptors (Lipinski definition) is 8. The van der Waals surface area contributed by atoms with Crippen molar-refractivity contribution in [2.45, 2.75) is 62.3 Å². The number of rotatable bonds is 9. The minimum Gasteiger partial charge on any atom is -0.493 e. The molecule has 9 nitrogen and oxygen atoms in total. The average Bonchev–Trinajstić information content (AvgIpc) is 3.43. The van der Waals surface area contributed by atoms with Crippen LogP contribution in [0, 0.1) is 12.9 Å². The normalized spacial score (nSPS) is 13.4. The number of hydrogen-bond donors (Lipinski definition) is 1. The van der Waals surface area contributed by atoms with Crippen LogP contribution in [0.1, 0.15) is 56.2 Å². The number of ether oxygens (including phenoxy) is 2. The van der Waals surface area contributed by atoms with E-state index in [1.807, 2.05) is 19.9 Å². The number of aromatic hydroxyl groups is 1. The van der Waals surface area contributed by atoms with E-state index in [0.717, 1.165) is 6.42 Å². The maximum Gasteiger partial charge on any atom is 0.296 e. The smallest absolute Gasteiger partial charge is 0.296 e. The van der Waals surface area contributed by atoms with Gasteiger partial charge in [-0.05, 0) is 55.7 Å². The molecule has 0 aliphatic carbocycles. The summed E-state index contributed by atoms with van der Waals surface area (Å²) in [5.41, 5.74) is 1.35. The summed E-state index contributed by atoms with van der Waals surface area (Å²) in [6.07, 6.45) is 2.29. The number of sulfone groups is 1. The van der Waals surface area contributed by atoms with Crippen molar-refractivity contribution < 1.29 is 27.4 Å². The number of aryl methyl sites for hydroxylation is 2. The Balaban J connectivity index is 1.64. The minimum atomic E-state index is -4.49. The van der Waals surface area contributed by atoms with Gasteiger partial charge < -0.3 is 14.6 Å².